The van der Waals surface area contributed by atoms with Crippen molar-refractivity contribution in [2.45, 2.75) is 32.7 Å². The van der Waals surface area contributed by atoms with Gasteiger partial charge in [0.05, 0.1) is 0 Å². The van der Waals surface area contributed by atoms with Crippen LogP contribution in [0, 0.1) is 11.7 Å². The molecule has 0 aliphatic carbocycles. The Morgan fingerprint density at radius 1 is 1.11 bits per heavy atom. The van der Waals surface area contributed by atoms with Crippen LogP contribution < -0.4 is 5.32 Å². The van der Waals surface area contributed by atoms with Crippen LogP contribution in [-0.4, -0.2) is 31.1 Å². The fraction of sp³-hybridized carbons (Fsp3) is 0.625. The first-order valence-electron chi connectivity index (χ1n) is 7.37. The van der Waals surface area contributed by atoms with Gasteiger partial charge >= 0.3 is 0 Å². The van der Waals surface area contributed by atoms with Gasteiger partial charge in [-0.1, -0.05) is 26.0 Å². The van der Waals surface area contributed by atoms with Gasteiger partial charge in [0.1, 0.15) is 5.82 Å². The zero-order valence-corrected chi connectivity index (χ0v) is 12.0. The predicted molar refractivity (Wildman–Crippen MR) is 77.7 cm³/mol. The molecule has 0 aromatic heterocycles. The third kappa shape index (κ3) is 4.29. The highest BCUT2D eigenvalue weighted by molar-refractivity contribution is 5.20. The number of benzene rings is 1. The molecular weight excluding hydrogens is 239 g/mol. The van der Waals surface area contributed by atoms with E-state index < -0.39 is 0 Å². The molecule has 1 aliphatic heterocycles. The fourth-order valence-electron chi connectivity index (χ4n) is 2.73. The summed E-state index contributed by atoms with van der Waals surface area (Å²) in [6.45, 7) is 8.80. The molecule has 1 saturated heterocycles. The van der Waals surface area contributed by atoms with E-state index in [4.69, 9.17) is 0 Å². The van der Waals surface area contributed by atoms with Crippen LogP contribution in [-0.2, 0) is 0 Å². The van der Waals surface area contributed by atoms with E-state index in [1.165, 1.54) is 12.0 Å². The first kappa shape index (κ1) is 14.5. The van der Waals surface area contributed by atoms with Crippen LogP contribution in [0.15, 0.2) is 24.3 Å². The Bertz CT molecular complexity index is 369. The van der Waals surface area contributed by atoms with Gasteiger partial charge < -0.3 is 5.32 Å². The molecular formula is C16H25FN2. The summed E-state index contributed by atoms with van der Waals surface area (Å²) >= 11 is 0. The smallest absolute Gasteiger partial charge is 0.123 e. The summed E-state index contributed by atoms with van der Waals surface area (Å²) in [5, 5.41) is 3.39. The maximum Gasteiger partial charge on any atom is 0.123 e. The standard InChI is InChI=1S/C16H25FN2/c1-13(2)3-8-16(19-11-9-18-10-12-19)14-4-6-15(17)7-5-14/h4-7,13,16,18H,3,8-12H2,1-2H3/t16-/m1/s1. The van der Waals surface area contributed by atoms with E-state index >= 15 is 0 Å². The summed E-state index contributed by atoms with van der Waals surface area (Å²) in [4.78, 5) is 2.53. The van der Waals surface area contributed by atoms with Crippen molar-refractivity contribution >= 4 is 0 Å². The topological polar surface area (TPSA) is 15.3 Å². The Balaban J connectivity index is 2.10. The van der Waals surface area contributed by atoms with Crippen molar-refractivity contribution in [1.82, 2.24) is 10.2 Å². The summed E-state index contributed by atoms with van der Waals surface area (Å²) in [5.41, 5.74) is 1.25. The fourth-order valence-corrected chi connectivity index (χ4v) is 2.73. The second-order valence-electron chi connectivity index (χ2n) is 5.82. The van der Waals surface area contributed by atoms with E-state index in [0.717, 1.165) is 32.6 Å². The number of nitrogens with one attached hydrogen (secondary N) is 1. The summed E-state index contributed by atoms with van der Waals surface area (Å²) in [6, 6.07) is 7.50. The molecule has 0 bridgehead atoms. The molecule has 0 radical (unpaired) electrons. The van der Waals surface area contributed by atoms with Crippen molar-refractivity contribution in [2.75, 3.05) is 26.2 Å². The Morgan fingerprint density at radius 2 is 1.74 bits per heavy atom. The molecule has 0 spiro atoms. The van der Waals surface area contributed by atoms with E-state index in [-0.39, 0.29) is 5.82 Å². The highest BCUT2D eigenvalue weighted by atomic mass is 19.1. The van der Waals surface area contributed by atoms with Crippen LogP contribution in [0.5, 0.6) is 0 Å². The van der Waals surface area contributed by atoms with Crippen LogP contribution in [0.2, 0.25) is 0 Å². The van der Waals surface area contributed by atoms with Crippen molar-refractivity contribution in [3.63, 3.8) is 0 Å². The lowest BCUT2D eigenvalue weighted by Crippen LogP contribution is -2.45. The van der Waals surface area contributed by atoms with Crippen LogP contribution in [0.1, 0.15) is 38.3 Å². The van der Waals surface area contributed by atoms with Crippen molar-refractivity contribution in [3.8, 4) is 0 Å². The van der Waals surface area contributed by atoms with Gasteiger partial charge in [0.2, 0.25) is 0 Å². The molecule has 1 aliphatic rings. The highest BCUT2D eigenvalue weighted by Crippen LogP contribution is 2.27. The van der Waals surface area contributed by atoms with Gasteiger partial charge in [-0.15, -0.1) is 0 Å². The van der Waals surface area contributed by atoms with E-state index in [0.29, 0.717) is 12.0 Å². The van der Waals surface area contributed by atoms with Gasteiger partial charge in [-0.05, 0) is 36.5 Å². The van der Waals surface area contributed by atoms with Crippen LogP contribution in [0.4, 0.5) is 4.39 Å². The summed E-state index contributed by atoms with van der Waals surface area (Å²) < 4.78 is 13.1. The predicted octanol–water partition coefficient (Wildman–Crippen LogP) is 3.21. The van der Waals surface area contributed by atoms with Gasteiger partial charge in [0, 0.05) is 32.2 Å². The zero-order chi connectivity index (χ0) is 13.7. The van der Waals surface area contributed by atoms with Crippen LogP contribution in [0.25, 0.3) is 0 Å². The number of halogens is 1. The molecule has 19 heavy (non-hydrogen) atoms. The summed E-state index contributed by atoms with van der Waals surface area (Å²) in [5.74, 6) is 0.567. The molecule has 2 nitrogen and oxygen atoms in total. The molecule has 1 heterocycles. The maximum absolute atomic E-state index is 13.1. The molecule has 1 atom stereocenters. The second-order valence-corrected chi connectivity index (χ2v) is 5.82. The summed E-state index contributed by atoms with van der Waals surface area (Å²) in [6.07, 6.45) is 2.37. The average molecular weight is 264 g/mol. The highest BCUT2D eigenvalue weighted by Gasteiger charge is 2.22. The largest absolute Gasteiger partial charge is 0.314 e. The number of rotatable bonds is 5. The molecule has 1 aromatic carbocycles. The van der Waals surface area contributed by atoms with Crippen molar-refractivity contribution in [3.05, 3.63) is 35.6 Å². The minimum atomic E-state index is -0.147. The molecule has 0 unspecified atom stereocenters. The number of piperazine rings is 1. The van der Waals surface area contributed by atoms with Crippen molar-refractivity contribution in [2.24, 2.45) is 5.92 Å². The van der Waals surface area contributed by atoms with E-state index in [9.17, 15) is 4.39 Å². The SMILES string of the molecule is CC(C)CC[C@H](c1ccc(F)cc1)N1CCNCC1. The third-order valence-corrected chi connectivity index (χ3v) is 3.86. The first-order chi connectivity index (χ1) is 9.16. The Labute approximate surface area is 116 Å². The lowest BCUT2D eigenvalue weighted by atomic mass is 9.96. The van der Waals surface area contributed by atoms with E-state index in [1.54, 1.807) is 12.1 Å². The summed E-state index contributed by atoms with van der Waals surface area (Å²) in [7, 11) is 0. The molecule has 3 heteroatoms. The van der Waals surface area contributed by atoms with Gasteiger partial charge in [-0.25, -0.2) is 4.39 Å². The maximum atomic E-state index is 13.1. The molecule has 0 amide bonds. The number of nitrogens with zero attached hydrogens (tertiary/aromatic N) is 1. The van der Waals surface area contributed by atoms with Crippen molar-refractivity contribution in [1.29, 1.82) is 0 Å². The average Bonchev–Trinajstić information content (AvgIpc) is 2.42. The molecule has 1 N–H and O–H groups in total. The lowest BCUT2D eigenvalue weighted by molar-refractivity contribution is 0.159. The van der Waals surface area contributed by atoms with E-state index in [1.807, 2.05) is 12.1 Å². The zero-order valence-electron chi connectivity index (χ0n) is 12.0. The normalized spacial score (nSPS) is 18.7. The quantitative estimate of drug-likeness (QED) is 0.878. The Kier molecular flexibility index (Phi) is 5.34. The first-order valence-corrected chi connectivity index (χ1v) is 7.37. The van der Waals surface area contributed by atoms with Crippen molar-refractivity contribution < 1.29 is 4.39 Å². The van der Waals surface area contributed by atoms with Gasteiger partial charge in [-0.2, -0.15) is 0 Å². The van der Waals surface area contributed by atoms with Gasteiger partial charge in [0.15, 0.2) is 0 Å². The Morgan fingerprint density at radius 3 is 2.32 bits per heavy atom. The lowest BCUT2D eigenvalue weighted by Gasteiger charge is -2.35. The van der Waals surface area contributed by atoms with Crippen LogP contribution in [0.3, 0.4) is 0 Å². The number of hydrogen-bond acceptors (Lipinski definition) is 2. The molecule has 1 fully saturated rings. The second kappa shape index (κ2) is 7.01. The van der Waals surface area contributed by atoms with E-state index in [2.05, 4.69) is 24.1 Å². The molecule has 0 saturated carbocycles. The molecule has 106 valence electrons. The minimum Gasteiger partial charge on any atom is -0.314 e. The van der Waals surface area contributed by atoms with Gasteiger partial charge in [0.25, 0.3) is 0 Å². The molecule has 2 rings (SSSR count). The van der Waals surface area contributed by atoms with Crippen LogP contribution >= 0.6 is 0 Å². The monoisotopic (exact) mass is 264 g/mol. The minimum absolute atomic E-state index is 0.147. The van der Waals surface area contributed by atoms with Gasteiger partial charge in [-0.3, -0.25) is 4.90 Å². The Hall–Kier alpha value is -0.930. The third-order valence-electron chi connectivity index (χ3n) is 3.86. The number of hydrogen-bond donors (Lipinski definition) is 1. The molecule has 1 aromatic rings.